The fourth-order valence-electron chi connectivity index (χ4n) is 2.65. The number of carbonyl (C=O) groups is 1. The van der Waals surface area contributed by atoms with Crippen LogP contribution < -0.4 is 0 Å². The van der Waals surface area contributed by atoms with Crippen LogP contribution in [0.1, 0.15) is 68.8 Å². The van der Waals surface area contributed by atoms with Crippen LogP contribution in [-0.4, -0.2) is 35.4 Å². The summed E-state index contributed by atoms with van der Waals surface area (Å²) in [4.78, 5) is 15.0. The molecule has 0 heterocycles. The molecule has 0 bridgehead atoms. The van der Waals surface area contributed by atoms with Crippen molar-refractivity contribution in [2.75, 3.05) is 25.4 Å². The zero-order valence-corrected chi connectivity index (χ0v) is 16.0. The standard InChI is InChI=1S/C20H33NOS/c1-4-7-14-21(15-8-5-2)16-17-23-20(22)19-13-10-9-12-18(19)11-6-3/h9-10,12-13H,4-8,11,14-17H2,1-3H3. The Morgan fingerprint density at radius 2 is 1.61 bits per heavy atom. The van der Waals surface area contributed by atoms with Crippen LogP contribution in [-0.2, 0) is 6.42 Å². The lowest BCUT2D eigenvalue weighted by Gasteiger charge is -2.21. The second-order valence-corrected chi connectivity index (χ2v) is 7.16. The van der Waals surface area contributed by atoms with Crippen molar-refractivity contribution in [1.82, 2.24) is 4.90 Å². The summed E-state index contributed by atoms with van der Waals surface area (Å²) in [5.41, 5.74) is 2.11. The monoisotopic (exact) mass is 335 g/mol. The zero-order chi connectivity index (χ0) is 16.9. The Labute approximate surface area is 147 Å². The van der Waals surface area contributed by atoms with Gasteiger partial charge in [0.05, 0.1) is 0 Å². The number of hydrogen-bond donors (Lipinski definition) is 0. The lowest BCUT2D eigenvalue weighted by Crippen LogP contribution is -2.28. The number of hydrogen-bond acceptors (Lipinski definition) is 3. The fourth-order valence-corrected chi connectivity index (χ4v) is 3.54. The van der Waals surface area contributed by atoms with Crippen LogP contribution in [0.3, 0.4) is 0 Å². The van der Waals surface area contributed by atoms with E-state index in [9.17, 15) is 4.79 Å². The minimum Gasteiger partial charge on any atom is -0.303 e. The average molecular weight is 336 g/mol. The molecule has 1 rings (SSSR count). The van der Waals surface area contributed by atoms with Gasteiger partial charge in [0, 0.05) is 17.9 Å². The van der Waals surface area contributed by atoms with Gasteiger partial charge in [0.1, 0.15) is 0 Å². The van der Waals surface area contributed by atoms with Gasteiger partial charge in [0.15, 0.2) is 0 Å². The van der Waals surface area contributed by atoms with E-state index in [-0.39, 0.29) is 5.12 Å². The SMILES string of the molecule is CCCCN(CCCC)CCSC(=O)c1ccccc1CCC. The van der Waals surface area contributed by atoms with Gasteiger partial charge in [-0.25, -0.2) is 0 Å². The summed E-state index contributed by atoms with van der Waals surface area (Å²) >= 11 is 1.48. The molecule has 3 heteroatoms. The van der Waals surface area contributed by atoms with E-state index in [0.29, 0.717) is 0 Å². The van der Waals surface area contributed by atoms with E-state index in [1.165, 1.54) is 43.0 Å². The number of benzene rings is 1. The van der Waals surface area contributed by atoms with Crippen LogP contribution in [0.15, 0.2) is 24.3 Å². The first kappa shape index (κ1) is 20.2. The number of nitrogens with zero attached hydrogens (tertiary/aromatic N) is 1. The first-order valence-electron chi connectivity index (χ1n) is 9.20. The minimum absolute atomic E-state index is 0.236. The van der Waals surface area contributed by atoms with Crippen LogP contribution >= 0.6 is 11.8 Å². The van der Waals surface area contributed by atoms with Crippen molar-refractivity contribution in [2.45, 2.75) is 59.3 Å². The summed E-state index contributed by atoms with van der Waals surface area (Å²) in [7, 11) is 0. The lowest BCUT2D eigenvalue weighted by molar-refractivity contribution is 0.108. The molecule has 1 aromatic rings. The second-order valence-electron chi connectivity index (χ2n) is 6.09. The topological polar surface area (TPSA) is 20.3 Å². The summed E-state index contributed by atoms with van der Waals surface area (Å²) in [6.45, 7) is 9.98. The largest absolute Gasteiger partial charge is 0.303 e. The van der Waals surface area contributed by atoms with Gasteiger partial charge in [-0.3, -0.25) is 4.79 Å². The molecule has 0 N–H and O–H groups in total. The van der Waals surface area contributed by atoms with Crippen molar-refractivity contribution in [1.29, 1.82) is 0 Å². The molecule has 2 nitrogen and oxygen atoms in total. The van der Waals surface area contributed by atoms with Gasteiger partial charge in [0.25, 0.3) is 0 Å². The van der Waals surface area contributed by atoms with Crippen LogP contribution in [0, 0.1) is 0 Å². The minimum atomic E-state index is 0.236. The maximum atomic E-state index is 12.5. The predicted molar refractivity (Wildman–Crippen MR) is 103 cm³/mol. The van der Waals surface area contributed by atoms with Gasteiger partial charge in [-0.2, -0.15) is 0 Å². The summed E-state index contributed by atoms with van der Waals surface area (Å²) in [6.07, 6.45) is 7.04. The molecular formula is C20H33NOS. The summed E-state index contributed by atoms with van der Waals surface area (Å²) in [5, 5.41) is 0.236. The summed E-state index contributed by atoms with van der Waals surface area (Å²) < 4.78 is 0. The quantitative estimate of drug-likeness (QED) is 0.509. The van der Waals surface area contributed by atoms with Crippen LogP contribution in [0.5, 0.6) is 0 Å². The van der Waals surface area contributed by atoms with Gasteiger partial charge in [-0.15, -0.1) is 0 Å². The van der Waals surface area contributed by atoms with Gasteiger partial charge < -0.3 is 4.90 Å². The highest BCUT2D eigenvalue weighted by Gasteiger charge is 2.12. The predicted octanol–water partition coefficient (Wildman–Crippen LogP) is 5.41. The molecule has 0 saturated carbocycles. The van der Waals surface area contributed by atoms with E-state index >= 15 is 0 Å². The van der Waals surface area contributed by atoms with Gasteiger partial charge in [-0.05, 0) is 37.9 Å². The Morgan fingerprint density at radius 3 is 2.22 bits per heavy atom. The average Bonchev–Trinajstić information content (AvgIpc) is 2.57. The van der Waals surface area contributed by atoms with E-state index in [1.807, 2.05) is 18.2 Å². The molecule has 0 radical (unpaired) electrons. The molecule has 0 aliphatic carbocycles. The first-order valence-corrected chi connectivity index (χ1v) is 10.2. The molecule has 0 aliphatic rings. The van der Waals surface area contributed by atoms with Gasteiger partial charge in [0.2, 0.25) is 5.12 Å². The van der Waals surface area contributed by atoms with Crippen molar-refractivity contribution in [3.8, 4) is 0 Å². The molecule has 1 aromatic carbocycles. The van der Waals surface area contributed by atoms with Crippen molar-refractivity contribution in [2.24, 2.45) is 0 Å². The maximum absolute atomic E-state index is 12.5. The molecule has 0 unspecified atom stereocenters. The van der Waals surface area contributed by atoms with Gasteiger partial charge >= 0.3 is 0 Å². The Bertz CT molecular complexity index is 439. The smallest absolute Gasteiger partial charge is 0.219 e. The Morgan fingerprint density at radius 1 is 0.957 bits per heavy atom. The molecule has 23 heavy (non-hydrogen) atoms. The highest BCUT2D eigenvalue weighted by molar-refractivity contribution is 8.14. The third-order valence-corrected chi connectivity index (χ3v) is 4.92. The lowest BCUT2D eigenvalue weighted by atomic mass is 10.0. The summed E-state index contributed by atoms with van der Waals surface area (Å²) in [6, 6.07) is 8.07. The Hall–Kier alpha value is -0.800. The fraction of sp³-hybridized carbons (Fsp3) is 0.650. The van der Waals surface area contributed by atoms with Gasteiger partial charge in [-0.1, -0.05) is 76.1 Å². The Kier molecular flexibility index (Phi) is 11.1. The van der Waals surface area contributed by atoms with Crippen molar-refractivity contribution >= 4 is 16.9 Å². The third kappa shape index (κ3) is 8.03. The van der Waals surface area contributed by atoms with E-state index in [1.54, 1.807) is 0 Å². The number of rotatable bonds is 12. The molecule has 0 atom stereocenters. The van der Waals surface area contributed by atoms with E-state index in [4.69, 9.17) is 0 Å². The van der Waals surface area contributed by atoms with Crippen molar-refractivity contribution in [3.05, 3.63) is 35.4 Å². The van der Waals surface area contributed by atoms with Crippen molar-refractivity contribution in [3.63, 3.8) is 0 Å². The zero-order valence-electron chi connectivity index (χ0n) is 15.1. The molecule has 0 aliphatic heterocycles. The number of carbonyl (C=O) groups excluding carboxylic acids is 1. The molecule has 0 saturated heterocycles. The van der Waals surface area contributed by atoms with Crippen molar-refractivity contribution < 1.29 is 4.79 Å². The van der Waals surface area contributed by atoms with E-state index in [0.717, 1.165) is 43.8 Å². The molecule has 0 amide bonds. The van der Waals surface area contributed by atoms with Crippen LogP contribution in [0.4, 0.5) is 0 Å². The Balaban J connectivity index is 2.47. The number of thioether (sulfide) groups is 1. The second kappa shape index (κ2) is 12.6. The van der Waals surface area contributed by atoms with Crippen LogP contribution in [0.2, 0.25) is 0 Å². The molecular weight excluding hydrogens is 302 g/mol. The third-order valence-electron chi connectivity index (χ3n) is 4.05. The number of unbranched alkanes of at least 4 members (excludes halogenated alkanes) is 2. The summed E-state index contributed by atoms with van der Waals surface area (Å²) in [5.74, 6) is 0.896. The molecule has 0 spiro atoms. The van der Waals surface area contributed by atoms with Crippen LogP contribution in [0.25, 0.3) is 0 Å². The maximum Gasteiger partial charge on any atom is 0.219 e. The van der Waals surface area contributed by atoms with E-state index in [2.05, 4.69) is 31.7 Å². The normalized spacial score (nSPS) is 11.1. The molecule has 0 fully saturated rings. The van der Waals surface area contributed by atoms with E-state index < -0.39 is 0 Å². The highest BCUT2D eigenvalue weighted by Crippen LogP contribution is 2.18. The highest BCUT2D eigenvalue weighted by atomic mass is 32.2. The number of aryl methyl sites for hydroxylation is 1. The first-order chi connectivity index (χ1) is 11.2. The molecule has 0 aromatic heterocycles. The molecule has 130 valence electrons.